The molecule has 2 aromatic heterocycles. The highest BCUT2D eigenvalue weighted by atomic mass is 15.2. The topological polar surface area (TPSA) is 42.7 Å². The van der Waals surface area contributed by atoms with Crippen molar-refractivity contribution in [2.75, 3.05) is 6.54 Å². The van der Waals surface area contributed by atoms with Gasteiger partial charge in [-0.2, -0.15) is 0 Å². The molecule has 18 heavy (non-hydrogen) atoms. The molecule has 4 heteroatoms. The van der Waals surface area contributed by atoms with E-state index in [0.29, 0.717) is 18.0 Å². The molecule has 1 fully saturated rings. The van der Waals surface area contributed by atoms with Crippen LogP contribution in [0.3, 0.4) is 0 Å². The van der Waals surface area contributed by atoms with Gasteiger partial charge in [0.2, 0.25) is 0 Å². The Balaban J connectivity index is 2.18. The number of imidazole rings is 1. The van der Waals surface area contributed by atoms with Crippen LogP contribution in [-0.2, 0) is 0 Å². The van der Waals surface area contributed by atoms with Gasteiger partial charge < -0.3 is 9.88 Å². The normalized spacial score (nSPS) is 24.2. The van der Waals surface area contributed by atoms with E-state index >= 15 is 0 Å². The molecule has 3 heterocycles. The van der Waals surface area contributed by atoms with Crippen LogP contribution in [0.25, 0.3) is 11.0 Å². The van der Waals surface area contributed by atoms with Gasteiger partial charge in [0.1, 0.15) is 11.3 Å². The Kier molecular flexibility index (Phi) is 2.82. The van der Waals surface area contributed by atoms with Crippen molar-refractivity contribution < 1.29 is 0 Å². The minimum atomic E-state index is 0.375. The number of aromatic nitrogens is 3. The first kappa shape index (κ1) is 11.7. The summed E-state index contributed by atoms with van der Waals surface area (Å²) in [6.07, 6.45) is 4.93. The number of pyridine rings is 1. The predicted molar refractivity (Wildman–Crippen MR) is 72.4 cm³/mol. The van der Waals surface area contributed by atoms with Crippen molar-refractivity contribution in [1.29, 1.82) is 0 Å². The van der Waals surface area contributed by atoms with Crippen LogP contribution in [0.2, 0.25) is 0 Å². The molecule has 1 saturated heterocycles. The molecule has 1 aliphatic heterocycles. The maximum absolute atomic E-state index is 4.80. The Bertz CT molecular complexity index is 558. The highest BCUT2D eigenvalue weighted by Crippen LogP contribution is 2.32. The molecular formula is C14H20N4. The summed E-state index contributed by atoms with van der Waals surface area (Å²) in [6.45, 7) is 7.81. The number of hydrogen-bond acceptors (Lipinski definition) is 3. The Morgan fingerprint density at radius 3 is 2.94 bits per heavy atom. The first-order chi connectivity index (χ1) is 8.68. The van der Waals surface area contributed by atoms with Crippen LogP contribution in [0, 0.1) is 5.92 Å². The first-order valence-electron chi connectivity index (χ1n) is 6.73. The van der Waals surface area contributed by atoms with Crippen LogP contribution in [0.4, 0.5) is 0 Å². The van der Waals surface area contributed by atoms with Gasteiger partial charge in [-0.1, -0.05) is 6.92 Å². The van der Waals surface area contributed by atoms with Gasteiger partial charge in [0.05, 0.1) is 17.8 Å². The van der Waals surface area contributed by atoms with Gasteiger partial charge in [0.15, 0.2) is 0 Å². The van der Waals surface area contributed by atoms with E-state index in [4.69, 9.17) is 4.98 Å². The fraction of sp³-hybridized carbons (Fsp3) is 0.571. The molecule has 0 spiro atoms. The van der Waals surface area contributed by atoms with Crippen LogP contribution >= 0.6 is 0 Å². The SMILES string of the molecule is CC1CCNC1c1nc2cnccc2n1C(C)C. The van der Waals surface area contributed by atoms with Gasteiger partial charge >= 0.3 is 0 Å². The number of rotatable bonds is 2. The fourth-order valence-electron chi connectivity index (χ4n) is 2.91. The second-order valence-corrected chi connectivity index (χ2v) is 5.50. The predicted octanol–water partition coefficient (Wildman–Crippen LogP) is 2.68. The number of hydrogen-bond donors (Lipinski definition) is 1. The average Bonchev–Trinajstić information content (AvgIpc) is 2.91. The summed E-state index contributed by atoms with van der Waals surface area (Å²) in [4.78, 5) is 8.98. The van der Waals surface area contributed by atoms with Gasteiger partial charge in [0, 0.05) is 12.2 Å². The largest absolute Gasteiger partial charge is 0.324 e. The number of nitrogens with zero attached hydrogens (tertiary/aromatic N) is 3. The van der Waals surface area contributed by atoms with E-state index in [1.807, 2.05) is 12.4 Å². The molecule has 1 N–H and O–H groups in total. The van der Waals surface area contributed by atoms with E-state index in [1.165, 1.54) is 11.9 Å². The Hall–Kier alpha value is -1.42. The Labute approximate surface area is 107 Å². The van der Waals surface area contributed by atoms with E-state index in [0.717, 1.165) is 17.9 Å². The summed E-state index contributed by atoms with van der Waals surface area (Å²) in [5.74, 6) is 1.81. The molecule has 3 rings (SSSR count). The lowest BCUT2D eigenvalue weighted by Crippen LogP contribution is -2.22. The fourth-order valence-corrected chi connectivity index (χ4v) is 2.91. The van der Waals surface area contributed by atoms with Crippen LogP contribution in [-0.4, -0.2) is 21.1 Å². The summed E-state index contributed by atoms with van der Waals surface area (Å²) >= 11 is 0. The van der Waals surface area contributed by atoms with Gasteiger partial charge in [-0.25, -0.2) is 4.98 Å². The number of fused-ring (bicyclic) bond motifs is 1. The van der Waals surface area contributed by atoms with Gasteiger partial charge in [-0.05, 0) is 38.8 Å². The van der Waals surface area contributed by atoms with Crippen molar-refractivity contribution >= 4 is 11.0 Å². The van der Waals surface area contributed by atoms with Crippen LogP contribution in [0.1, 0.15) is 45.1 Å². The first-order valence-corrected chi connectivity index (χ1v) is 6.73. The monoisotopic (exact) mass is 244 g/mol. The van der Waals surface area contributed by atoms with Crippen molar-refractivity contribution in [3.05, 3.63) is 24.3 Å². The summed E-state index contributed by atoms with van der Waals surface area (Å²) in [6, 6.07) is 2.85. The molecule has 2 aromatic rings. The minimum absolute atomic E-state index is 0.375. The Morgan fingerprint density at radius 1 is 1.44 bits per heavy atom. The molecule has 2 unspecified atom stereocenters. The van der Waals surface area contributed by atoms with Gasteiger partial charge in [-0.15, -0.1) is 0 Å². The van der Waals surface area contributed by atoms with E-state index in [9.17, 15) is 0 Å². The molecule has 1 aliphatic rings. The summed E-state index contributed by atoms with van der Waals surface area (Å²) in [5.41, 5.74) is 2.19. The van der Waals surface area contributed by atoms with E-state index < -0.39 is 0 Å². The van der Waals surface area contributed by atoms with Crippen LogP contribution in [0.15, 0.2) is 18.5 Å². The number of nitrogens with one attached hydrogen (secondary N) is 1. The summed E-state index contributed by atoms with van der Waals surface area (Å²) in [5, 5.41) is 3.58. The van der Waals surface area contributed by atoms with Gasteiger partial charge in [0.25, 0.3) is 0 Å². The second-order valence-electron chi connectivity index (χ2n) is 5.50. The standard InChI is InChI=1S/C14H20N4/c1-9(2)18-12-5-6-15-8-11(12)17-14(18)13-10(3)4-7-16-13/h5-6,8-10,13,16H,4,7H2,1-3H3. The van der Waals surface area contributed by atoms with Crippen molar-refractivity contribution in [1.82, 2.24) is 19.9 Å². The highest BCUT2D eigenvalue weighted by Gasteiger charge is 2.29. The second kappa shape index (κ2) is 4.35. The average molecular weight is 244 g/mol. The quantitative estimate of drug-likeness (QED) is 0.883. The van der Waals surface area contributed by atoms with Crippen molar-refractivity contribution in [3.8, 4) is 0 Å². The maximum Gasteiger partial charge on any atom is 0.127 e. The third-order valence-corrected chi connectivity index (χ3v) is 3.85. The molecule has 0 bridgehead atoms. The molecule has 0 radical (unpaired) electrons. The molecule has 0 saturated carbocycles. The van der Waals surface area contributed by atoms with Crippen molar-refractivity contribution in [2.45, 2.75) is 39.3 Å². The van der Waals surface area contributed by atoms with Crippen LogP contribution in [0.5, 0.6) is 0 Å². The molecular weight excluding hydrogens is 224 g/mol. The summed E-state index contributed by atoms with van der Waals surface area (Å²) < 4.78 is 2.34. The molecule has 0 amide bonds. The van der Waals surface area contributed by atoms with Crippen molar-refractivity contribution in [2.24, 2.45) is 5.92 Å². The molecule has 0 aliphatic carbocycles. The minimum Gasteiger partial charge on any atom is -0.324 e. The van der Waals surface area contributed by atoms with E-state index in [-0.39, 0.29) is 0 Å². The molecule has 0 aromatic carbocycles. The highest BCUT2D eigenvalue weighted by molar-refractivity contribution is 5.75. The molecule has 4 nitrogen and oxygen atoms in total. The van der Waals surface area contributed by atoms with Crippen molar-refractivity contribution in [3.63, 3.8) is 0 Å². The lowest BCUT2D eigenvalue weighted by Gasteiger charge is -2.20. The molecule has 2 atom stereocenters. The lowest BCUT2D eigenvalue weighted by molar-refractivity contribution is 0.444. The maximum atomic E-state index is 4.80. The zero-order valence-electron chi connectivity index (χ0n) is 11.2. The third kappa shape index (κ3) is 1.72. The van der Waals surface area contributed by atoms with E-state index in [1.54, 1.807) is 0 Å². The smallest absolute Gasteiger partial charge is 0.127 e. The lowest BCUT2D eigenvalue weighted by atomic mass is 10.0. The third-order valence-electron chi connectivity index (χ3n) is 3.85. The van der Waals surface area contributed by atoms with Gasteiger partial charge in [-0.3, -0.25) is 4.98 Å². The Morgan fingerprint density at radius 2 is 2.28 bits per heavy atom. The zero-order valence-corrected chi connectivity index (χ0v) is 11.2. The molecule has 96 valence electrons. The van der Waals surface area contributed by atoms with E-state index in [2.05, 4.69) is 41.7 Å². The summed E-state index contributed by atoms with van der Waals surface area (Å²) in [7, 11) is 0. The van der Waals surface area contributed by atoms with Crippen LogP contribution < -0.4 is 5.32 Å². The zero-order chi connectivity index (χ0) is 12.7.